The third-order valence-electron chi connectivity index (χ3n) is 2.90. The number of benzene rings is 1. The van der Waals surface area contributed by atoms with Gasteiger partial charge in [0.2, 0.25) is 0 Å². The van der Waals surface area contributed by atoms with Gasteiger partial charge in [0.25, 0.3) is 11.8 Å². The van der Waals surface area contributed by atoms with Crippen molar-refractivity contribution >= 4 is 17.8 Å². The maximum Gasteiger partial charge on any atom is 0.308 e. The number of hydrogen-bond donors (Lipinski definition) is 2. The van der Waals surface area contributed by atoms with Gasteiger partial charge in [-0.15, -0.1) is 0 Å². The Kier molecular flexibility index (Phi) is 7.29. The second kappa shape index (κ2) is 8.95. The molecule has 2 amide bonds. The molecule has 0 fully saturated rings. The van der Waals surface area contributed by atoms with E-state index in [9.17, 15) is 23.2 Å². The summed E-state index contributed by atoms with van der Waals surface area (Å²) in [7, 11) is 0. The normalized spacial score (nSPS) is 11.8. The smallest absolute Gasteiger partial charge is 0.308 e. The van der Waals surface area contributed by atoms with E-state index >= 15 is 0 Å². The molecule has 0 aromatic heterocycles. The van der Waals surface area contributed by atoms with Gasteiger partial charge >= 0.3 is 5.97 Å². The van der Waals surface area contributed by atoms with Crippen LogP contribution in [0.4, 0.5) is 8.78 Å². The van der Waals surface area contributed by atoms with Crippen LogP contribution in [0, 0.1) is 11.6 Å². The molecular weight excluding hydrogens is 322 g/mol. The first-order valence-electron chi connectivity index (χ1n) is 7.43. The van der Waals surface area contributed by atoms with E-state index in [-0.39, 0.29) is 24.6 Å². The first-order valence-corrected chi connectivity index (χ1v) is 7.43. The molecule has 8 heteroatoms. The Morgan fingerprint density at radius 1 is 1.17 bits per heavy atom. The molecule has 1 aromatic carbocycles. The zero-order valence-corrected chi connectivity index (χ0v) is 13.7. The van der Waals surface area contributed by atoms with Crippen LogP contribution >= 0.6 is 0 Å². The van der Waals surface area contributed by atoms with Gasteiger partial charge in [-0.25, -0.2) is 8.78 Å². The number of carbonyl (C=O) groups excluding carboxylic acids is 3. The third-order valence-corrected chi connectivity index (χ3v) is 2.90. The van der Waals surface area contributed by atoms with E-state index < -0.39 is 35.5 Å². The van der Waals surface area contributed by atoms with Crippen LogP contribution in [0.25, 0.3) is 0 Å². The summed E-state index contributed by atoms with van der Waals surface area (Å²) in [6, 6.07) is 2.49. The quantitative estimate of drug-likeness (QED) is 0.736. The maximum absolute atomic E-state index is 13.4. The molecule has 1 atom stereocenters. The molecule has 0 spiro atoms. The summed E-state index contributed by atoms with van der Waals surface area (Å²) in [5.41, 5.74) is -0.325. The molecule has 1 unspecified atom stereocenters. The van der Waals surface area contributed by atoms with Gasteiger partial charge in [0.1, 0.15) is 11.6 Å². The van der Waals surface area contributed by atoms with Crippen molar-refractivity contribution in [2.75, 3.05) is 6.54 Å². The zero-order chi connectivity index (χ0) is 18.3. The van der Waals surface area contributed by atoms with Crippen molar-refractivity contribution in [1.82, 2.24) is 10.6 Å². The number of ether oxygens (including phenoxy) is 1. The monoisotopic (exact) mass is 342 g/mol. The van der Waals surface area contributed by atoms with Crippen molar-refractivity contribution in [2.24, 2.45) is 0 Å². The molecule has 0 heterocycles. The van der Waals surface area contributed by atoms with Gasteiger partial charge in [0, 0.05) is 18.7 Å². The van der Waals surface area contributed by atoms with Gasteiger partial charge in [-0.05, 0) is 32.9 Å². The minimum absolute atomic E-state index is 0.0801. The first-order chi connectivity index (χ1) is 11.2. The van der Waals surface area contributed by atoms with Crippen LogP contribution in [-0.4, -0.2) is 36.5 Å². The Hall–Kier alpha value is -2.51. The van der Waals surface area contributed by atoms with Crippen LogP contribution in [0.5, 0.6) is 0 Å². The number of carbonyl (C=O) groups is 3. The summed E-state index contributed by atoms with van der Waals surface area (Å²) >= 11 is 0. The maximum atomic E-state index is 13.4. The molecule has 0 saturated carbocycles. The van der Waals surface area contributed by atoms with Crippen molar-refractivity contribution in [3.8, 4) is 0 Å². The number of nitrogens with one attached hydrogen (secondary N) is 2. The van der Waals surface area contributed by atoms with Crippen molar-refractivity contribution in [1.29, 1.82) is 0 Å². The minimum atomic E-state index is -0.992. The molecule has 0 saturated heterocycles. The average Bonchev–Trinajstić information content (AvgIpc) is 2.46. The molecule has 0 aliphatic carbocycles. The fourth-order valence-electron chi connectivity index (χ4n) is 1.76. The highest BCUT2D eigenvalue weighted by molar-refractivity contribution is 5.94. The van der Waals surface area contributed by atoms with Gasteiger partial charge in [-0.2, -0.15) is 0 Å². The predicted molar refractivity (Wildman–Crippen MR) is 82.1 cm³/mol. The summed E-state index contributed by atoms with van der Waals surface area (Å²) in [4.78, 5) is 34.9. The van der Waals surface area contributed by atoms with E-state index in [0.717, 1.165) is 12.1 Å². The zero-order valence-electron chi connectivity index (χ0n) is 13.7. The van der Waals surface area contributed by atoms with Gasteiger partial charge in [-0.1, -0.05) is 0 Å². The summed E-state index contributed by atoms with van der Waals surface area (Å²) in [5.74, 6) is -3.65. The van der Waals surface area contributed by atoms with E-state index in [2.05, 4.69) is 10.6 Å². The molecule has 0 aliphatic rings. The molecular formula is C16H20F2N2O4. The van der Waals surface area contributed by atoms with Crippen LogP contribution in [0.2, 0.25) is 0 Å². The first kappa shape index (κ1) is 19.5. The highest BCUT2D eigenvalue weighted by Crippen LogP contribution is 2.09. The standard InChI is InChI=1S/C16H20F2N2O4/c1-9(2)20-15(22)10(3)24-14(21)6-7-19-16(23)12-5-4-11(17)8-13(12)18/h4-5,8-10H,6-7H2,1-3H3,(H,19,23)(H,20,22). The van der Waals surface area contributed by atoms with Crippen molar-refractivity contribution in [3.05, 3.63) is 35.4 Å². The topological polar surface area (TPSA) is 84.5 Å². The Bertz CT molecular complexity index is 620. The molecule has 0 radical (unpaired) electrons. The SMILES string of the molecule is CC(C)NC(=O)C(C)OC(=O)CCNC(=O)c1ccc(F)cc1F. The molecule has 0 aliphatic heterocycles. The molecule has 132 valence electrons. The number of rotatable bonds is 7. The highest BCUT2D eigenvalue weighted by atomic mass is 19.1. The Morgan fingerprint density at radius 3 is 2.42 bits per heavy atom. The Balaban J connectivity index is 2.40. The minimum Gasteiger partial charge on any atom is -0.452 e. The largest absolute Gasteiger partial charge is 0.452 e. The number of halogens is 2. The predicted octanol–water partition coefficient (Wildman–Crippen LogP) is 1.54. The van der Waals surface area contributed by atoms with Crippen LogP contribution in [0.1, 0.15) is 37.6 Å². The van der Waals surface area contributed by atoms with Gasteiger partial charge in [0.15, 0.2) is 6.10 Å². The number of amides is 2. The van der Waals surface area contributed by atoms with Gasteiger partial charge in [-0.3, -0.25) is 14.4 Å². The third kappa shape index (κ3) is 6.31. The summed E-state index contributed by atoms with van der Waals surface area (Å²) in [5, 5.41) is 4.92. The second-order valence-corrected chi connectivity index (χ2v) is 5.43. The van der Waals surface area contributed by atoms with Crippen molar-refractivity contribution < 1.29 is 27.9 Å². The van der Waals surface area contributed by atoms with Crippen LogP contribution in [0.3, 0.4) is 0 Å². The van der Waals surface area contributed by atoms with Crippen LogP contribution < -0.4 is 10.6 Å². The van der Waals surface area contributed by atoms with E-state index in [1.165, 1.54) is 6.92 Å². The lowest BCUT2D eigenvalue weighted by Gasteiger charge is -2.15. The van der Waals surface area contributed by atoms with Crippen LogP contribution in [0.15, 0.2) is 18.2 Å². The van der Waals surface area contributed by atoms with Gasteiger partial charge < -0.3 is 15.4 Å². The average molecular weight is 342 g/mol. The van der Waals surface area contributed by atoms with E-state index in [1.54, 1.807) is 13.8 Å². The van der Waals surface area contributed by atoms with Crippen LogP contribution in [-0.2, 0) is 14.3 Å². The van der Waals surface area contributed by atoms with Crippen molar-refractivity contribution in [3.63, 3.8) is 0 Å². The molecule has 6 nitrogen and oxygen atoms in total. The Labute approximate surface area is 138 Å². The van der Waals surface area contributed by atoms with E-state index in [0.29, 0.717) is 6.07 Å². The molecule has 1 rings (SSSR count). The summed E-state index contributed by atoms with van der Waals surface area (Å²) < 4.78 is 31.1. The highest BCUT2D eigenvalue weighted by Gasteiger charge is 2.18. The molecule has 1 aromatic rings. The second-order valence-electron chi connectivity index (χ2n) is 5.43. The molecule has 0 bridgehead atoms. The molecule has 24 heavy (non-hydrogen) atoms. The summed E-state index contributed by atoms with van der Waals surface area (Å²) in [6.07, 6.45) is -1.14. The lowest BCUT2D eigenvalue weighted by atomic mass is 10.2. The number of esters is 1. The van der Waals surface area contributed by atoms with Crippen molar-refractivity contribution in [2.45, 2.75) is 39.3 Å². The fraction of sp³-hybridized carbons (Fsp3) is 0.438. The molecule has 2 N–H and O–H groups in total. The lowest BCUT2D eigenvalue weighted by Crippen LogP contribution is -2.39. The van der Waals surface area contributed by atoms with E-state index in [1.807, 2.05) is 0 Å². The van der Waals surface area contributed by atoms with E-state index in [4.69, 9.17) is 4.74 Å². The Morgan fingerprint density at radius 2 is 1.83 bits per heavy atom. The summed E-state index contributed by atoms with van der Waals surface area (Å²) in [6.45, 7) is 4.88. The number of hydrogen-bond acceptors (Lipinski definition) is 4. The lowest BCUT2D eigenvalue weighted by molar-refractivity contribution is -0.154. The van der Waals surface area contributed by atoms with Gasteiger partial charge in [0.05, 0.1) is 12.0 Å². The fourth-order valence-corrected chi connectivity index (χ4v) is 1.76.